The third kappa shape index (κ3) is 6.57. The zero-order chi connectivity index (χ0) is 51.7. The first-order valence-electron chi connectivity index (χ1n) is 27.2. The molecule has 5 heteroatoms. The summed E-state index contributed by atoms with van der Waals surface area (Å²) in [4.78, 5) is 4.81. The highest BCUT2D eigenvalue weighted by Crippen LogP contribution is 2.46. The fourth-order valence-electron chi connectivity index (χ4n) is 13.2. The van der Waals surface area contributed by atoms with Gasteiger partial charge in [-0.15, -0.1) is 0 Å². The van der Waals surface area contributed by atoms with Crippen molar-refractivity contribution in [3.63, 3.8) is 0 Å². The fraction of sp³-hybridized carbons (Fsp3) is 0. The molecule has 5 nitrogen and oxygen atoms in total. The van der Waals surface area contributed by atoms with Crippen LogP contribution in [0.15, 0.2) is 285 Å². The quantitative estimate of drug-likeness (QED) is 0.151. The molecule has 0 atom stereocenters. The van der Waals surface area contributed by atoms with E-state index in [9.17, 15) is 0 Å². The number of aromatic nitrogens is 3. The molecule has 13 aromatic carbocycles. The highest BCUT2D eigenvalue weighted by Gasteiger charge is 2.23. The molecule has 0 fully saturated rings. The van der Waals surface area contributed by atoms with E-state index in [0.717, 1.165) is 45.5 Å². The number of rotatable bonds is 8. The van der Waals surface area contributed by atoms with Crippen molar-refractivity contribution in [3.8, 4) is 11.4 Å². The van der Waals surface area contributed by atoms with Gasteiger partial charge in [0.2, 0.25) is 0 Å². The van der Waals surface area contributed by atoms with Crippen molar-refractivity contribution in [1.29, 1.82) is 0 Å². The molecule has 0 N–H and O–H groups in total. The number of benzene rings is 13. The summed E-state index contributed by atoms with van der Waals surface area (Å²) in [6, 6.07) is 105. The minimum atomic E-state index is 1.10. The Morgan fingerprint density at radius 3 is 1.01 bits per heavy atom. The SMILES string of the molecule is c1ccc(N(c2ccc3cc4c5cccc6c7cc8ccc(N(c9ccccc9)c9ccc%10c(c9)c9ccccc9n%10-c9ccccc9)cc8cc7n(c4cc3c2)c56)c2ccc3c(c2)c2ccccc2n3-c2ccccc2)cc1. The molecule has 0 amide bonds. The van der Waals surface area contributed by atoms with Gasteiger partial charge in [-0.25, -0.2) is 0 Å². The van der Waals surface area contributed by atoms with Crippen LogP contribution < -0.4 is 9.80 Å². The van der Waals surface area contributed by atoms with Gasteiger partial charge in [-0.1, -0.05) is 140 Å². The molecule has 0 spiro atoms. The molecule has 4 heterocycles. The van der Waals surface area contributed by atoms with Crippen molar-refractivity contribution in [2.75, 3.05) is 9.80 Å². The molecule has 0 unspecified atom stereocenters. The number of anilines is 6. The topological polar surface area (TPSA) is 20.8 Å². The van der Waals surface area contributed by atoms with Crippen LogP contribution in [0.1, 0.15) is 0 Å². The second-order valence-corrected chi connectivity index (χ2v) is 21.0. The number of nitrogens with zero attached hydrogens (tertiary/aromatic N) is 5. The average Bonchev–Trinajstić information content (AvgIpc) is 4.39. The second-order valence-electron chi connectivity index (χ2n) is 21.0. The maximum absolute atomic E-state index is 2.53. The van der Waals surface area contributed by atoms with Crippen molar-refractivity contribution >= 4 is 137 Å². The van der Waals surface area contributed by atoms with Gasteiger partial charge in [0, 0.05) is 88.6 Å². The van der Waals surface area contributed by atoms with E-state index in [1.54, 1.807) is 0 Å². The van der Waals surface area contributed by atoms with Gasteiger partial charge >= 0.3 is 0 Å². The molecule has 0 aliphatic rings. The zero-order valence-corrected chi connectivity index (χ0v) is 42.9. The Balaban J connectivity index is 0.827. The standard InChI is InChI=1S/C74H47N5/c1-5-18-52(19-6-1)75(58-36-38-70-66(46-58)60-26-13-15-30-68(60)77(70)54-22-9-3-10-23-54)56-34-32-48-42-64-62-28-17-29-63-65-43-49-33-35-57(41-51(49)45-73(65)79(74(62)63)72(64)44-50(48)40-56)76(53-20-7-2-8-21-53)59-37-39-71-67(47-59)61-27-14-16-31-69(61)78(71)55-24-11-4-12-25-55/h1-47H. The van der Waals surface area contributed by atoms with Crippen LogP contribution in [0.5, 0.6) is 0 Å². The summed E-state index contributed by atoms with van der Waals surface area (Å²) < 4.78 is 7.30. The van der Waals surface area contributed by atoms with Gasteiger partial charge in [-0.2, -0.15) is 0 Å². The van der Waals surface area contributed by atoms with Crippen LogP contribution in [0, 0.1) is 0 Å². The van der Waals surface area contributed by atoms with Crippen LogP contribution in [-0.4, -0.2) is 13.5 Å². The lowest BCUT2D eigenvalue weighted by molar-refractivity contribution is 1.18. The van der Waals surface area contributed by atoms with Crippen molar-refractivity contribution in [3.05, 3.63) is 285 Å². The molecule has 79 heavy (non-hydrogen) atoms. The minimum absolute atomic E-state index is 1.10. The number of hydrogen-bond acceptors (Lipinski definition) is 2. The summed E-state index contributed by atoms with van der Waals surface area (Å²) in [6.07, 6.45) is 0. The first kappa shape index (κ1) is 43.6. The van der Waals surface area contributed by atoms with E-state index in [4.69, 9.17) is 0 Å². The smallest absolute Gasteiger partial charge is 0.0620 e. The Morgan fingerprint density at radius 1 is 0.203 bits per heavy atom. The van der Waals surface area contributed by atoms with Gasteiger partial charge in [-0.05, 0) is 167 Å². The van der Waals surface area contributed by atoms with Gasteiger partial charge < -0.3 is 23.3 Å². The van der Waals surface area contributed by atoms with Crippen LogP contribution in [0.4, 0.5) is 34.1 Å². The van der Waals surface area contributed by atoms with Crippen LogP contribution >= 0.6 is 0 Å². The molecule has 0 radical (unpaired) electrons. The Hall–Kier alpha value is -10.6. The third-order valence-corrected chi connectivity index (χ3v) is 16.6. The Bertz CT molecular complexity index is 4920. The summed E-state index contributed by atoms with van der Waals surface area (Å²) >= 11 is 0. The first-order valence-corrected chi connectivity index (χ1v) is 27.2. The second kappa shape index (κ2) is 16.9. The van der Waals surface area contributed by atoms with Crippen LogP contribution in [0.2, 0.25) is 0 Å². The van der Waals surface area contributed by atoms with E-state index >= 15 is 0 Å². The summed E-state index contributed by atoms with van der Waals surface area (Å²) in [5, 5.41) is 14.8. The summed E-state index contributed by atoms with van der Waals surface area (Å²) in [7, 11) is 0. The van der Waals surface area contributed by atoms with Gasteiger partial charge in [0.1, 0.15) is 0 Å². The van der Waals surface area contributed by atoms with Gasteiger partial charge in [0.15, 0.2) is 0 Å². The molecule has 0 aliphatic carbocycles. The van der Waals surface area contributed by atoms with Crippen LogP contribution in [0.25, 0.3) is 115 Å². The Kier molecular flexibility index (Phi) is 9.35. The Morgan fingerprint density at radius 2 is 0.557 bits per heavy atom. The fourth-order valence-corrected chi connectivity index (χ4v) is 13.2. The molecule has 0 saturated carbocycles. The maximum atomic E-state index is 2.53. The highest BCUT2D eigenvalue weighted by atomic mass is 15.1. The van der Waals surface area contributed by atoms with E-state index in [2.05, 4.69) is 308 Å². The molecular formula is C74H47N5. The largest absolute Gasteiger partial charge is 0.310 e. The van der Waals surface area contributed by atoms with E-state index in [0.29, 0.717) is 0 Å². The van der Waals surface area contributed by atoms with Gasteiger partial charge in [-0.3, -0.25) is 0 Å². The summed E-state index contributed by atoms with van der Waals surface area (Å²) in [5.74, 6) is 0. The average molecular weight is 1010 g/mol. The molecule has 0 bridgehead atoms. The van der Waals surface area contributed by atoms with Crippen LogP contribution in [0.3, 0.4) is 0 Å². The molecule has 368 valence electrons. The van der Waals surface area contributed by atoms with E-state index in [1.807, 2.05) is 0 Å². The number of hydrogen-bond donors (Lipinski definition) is 0. The van der Waals surface area contributed by atoms with Crippen molar-refractivity contribution < 1.29 is 0 Å². The summed E-state index contributed by atoms with van der Waals surface area (Å²) in [6.45, 7) is 0. The molecule has 0 saturated heterocycles. The highest BCUT2D eigenvalue weighted by molar-refractivity contribution is 6.26. The lowest BCUT2D eigenvalue weighted by Crippen LogP contribution is -2.09. The normalized spacial score (nSPS) is 12.1. The molecule has 17 rings (SSSR count). The van der Waals surface area contributed by atoms with Crippen molar-refractivity contribution in [2.24, 2.45) is 0 Å². The van der Waals surface area contributed by atoms with Gasteiger partial charge in [0.05, 0.1) is 38.6 Å². The third-order valence-electron chi connectivity index (χ3n) is 16.6. The molecule has 4 aromatic heterocycles. The van der Waals surface area contributed by atoms with E-state index in [-0.39, 0.29) is 0 Å². The molecule has 0 aliphatic heterocycles. The van der Waals surface area contributed by atoms with Crippen LogP contribution in [-0.2, 0) is 0 Å². The number of para-hydroxylation sites is 7. The predicted octanol–water partition coefficient (Wildman–Crippen LogP) is 20.3. The predicted molar refractivity (Wildman–Crippen MR) is 334 cm³/mol. The lowest BCUT2D eigenvalue weighted by Gasteiger charge is -2.26. The van der Waals surface area contributed by atoms with E-state index < -0.39 is 0 Å². The number of fused-ring (bicyclic) bond motifs is 14. The molecule has 17 aromatic rings. The molecular weight excluding hydrogens is 959 g/mol. The minimum Gasteiger partial charge on any atom is -0.310 e. The maximum Gasteiger partial charge on any atom is 0.0620 e. The zero-order valence-electron chi connectivity index (χ0n) is 42.9. The van der Waals surface area contributed by atoms with Gasteiger partial charge in [0.25, 0.3) is 0 Å². The van der Waals surface area contributed by atoms with Crippen molar-refractivity contribution in [2.45, 2.75) is 0 Å². The van der Waals surface area contributed by atoms with E-state index in [1.165, 1.54) is 103 Å². The summed E-state index contributed by atoms with van der Waals surface area (Å²) in [5.41, 5.74) is 17.4. The van der Waals surface area contributed by atoms with Crippen molar-refractivity contribution in [1.82, 2.24) is 13.5 Å². The Labute approximate surface area is 454 Å². The monoisotopic (exact) mass is 1010 g/mol. The first-order chi connectivity index (χ1) is 39.2. The lowest BCUT2D eigenvalue weighted by atomic mass is 10.0.